The van der Waals surface area contributed by atoms with Gasteiger partial charge in [0.05, 0.1) is 14.5 Å². The molecule has 0 amide bonds. The van der Waals surface area contributed by atoms with E-state index in [-0.39, 0.29) is 46.6 Å². The predicted octanol–water partition coefficient (Wildman–Crippen LogP) is 1.75. The van der Waals surface area contributed by atoms with Crippen LogP contribution in [-0.2, 0) is 10.4 Å². The van der Waals surface area contributed by atoms with Crippen LogP contribution in [0.4, 0.5) is 0 Å². The van der Waals surface area contributed by atoms with E-state index < -0.39 is 16.0 Å². The van der Waals surface area contributed by atoms with Gasteiger partial charge in [-0.15, -0.1) is 0 Å². The molecule has 0 atom stereocenters. The third-order valence-corrected chi connectivity index (χ3v) is 5.45. The van der Waals surface area contributed by atoms with Gasteiger partial charge in [-0.1, -0.05) is 36.5 Å². The smallest absolute Gasteiger partial charge is 0.716 e. The monoisotopic (exact) mass is 554 g/mol. The van der Waals surface area contributed by atoms with Crippen LogP contribution in [0.5, 0.6) is 5.75 Å². The van der Waals surface area contributed by atoms with Gasteiger partial charge in [-0.3, -0.25) is 0 Å². The molecule has 0 spiro atoms. The van der Waals surface area contributed by atoms with Crippen LogP contribution < -0.4 is 39.4 Å². The molecule has 0 aliphatic heterocycles. The maximum absolute atomic E-state index is 11.7. The number of furan rings is 1. The Labute approximate surface area is 206 Å². The summed E-state index contributed by atoms with van der Waals surface area (Å²) < 4.78 is 48.3. The van der Waals surface area contributed by atoms with Crippen LogP contribution >= 0.6 is 31.9 Å². The molecule has 7 nitrogen and oxygen atoms in total. The average molecular weight is 556 g/mol. The van der Waals surface area contributed by atoms with Gasteiger partial charge in [0.1, 0.15) is 17.8 Å². The minimum atomic E-state index is -4.99. The zero-order valence-corrected chi connectivity index (χ0v) is 21.3. The number of rotatable bonds is 7. The van der Waals surface area contributed by atoms with E-state index in [2.05, 4.69) is 36.0 Å². The Hall–Kier alpha value is -1.14. The number of hydrogen-bond acceptors (Lipinski definition) is 7. The van der Waals surface area contributed by atoms with E-state index in [1.165, 1.54) is 13.0 Å². The summed E-state index contributed by atoms with van der Waals surface area (Å²) in [5.74, 6) is 0.347. The summed E-state index contributed by atoms with van der Waals surface area (Å²) in [6.45, 7) is 1.29. The van der Waals surface area contributed by atoms with E-state index >= 15 is 0 Å². The van der Waals surface area contributed by atoms with Gasteiger partial charge in [-0.2, -0.15) is 0 Å². The molecule has 0 aliphatic rings. The molecule has 2 heterocycles. The third kappa shape index (κ3) is 8.63. The molecule has 11 heteroatoms. The summed E-state index contributed by atoms with van der Waals surface area (Å²) in [5.41, 5.74) is -0.914. The molecule has 2 aromatic rings. The van der Waals surface area contributed by atoms with E-state index in [9.17, 15) is 17.8 Å². The first-order valence-corrected chi connectivity index (χ1v) is 10.5. The summed E-state index contributed by atoms with van der Waals surface area (Å²) in [5, 5.41) is 0. The Balaban J connectivity index is 0.00000420. The molecule has 0 saturated heterocycles. The average Bonchev–Trinajstić information content (AvgIpc) is 2.92. The van der Waals surface area contributed by atoms with Crippen molar-refractivity contribution in [1.29, 1.82) is 0 Å². The predicted molar refractivity (Wildman–Crippen MR) is 110 cm³/mol. The van der Waals surface area contributed by atoms with Gasteiger partial charge in [-0.25, -0.2) is 13.2 Å². The second kappa shape index (κ2) is 11.9. The quantitative estimate of drug-likeness (QED) is 0.221. The van der Waals surface area contributed by atoms with Gasteiger partial charge >= 0.3 is 35.2 Å². The fourth-order valence-electron chi connectivity index (χ4n) is 1.83. The van der Waals surface area contributed by atoms with E-state index in [4.69, 9.17) is 8.83 Å². The zero-order chi connectivity index (χ0) is 20.7. The maximum Gasteiger partial charge on any atom is 1.00 e. The summed E-state index contributed by atoms with van der Waals surface area (Å²) in [4.78, 5) is 11.7. The first-order chi connectivity index (χ1) is 13.2. The molecule has 0 radical (unpaired) electrons. The molecular formula is C18H13Br2NaO7S. The number of hydrogen-bond donors (Lipinski definition) is 0. The van der Waals surface area contributed by atoms with Crippen LogP contribution in [0.3, 0.4) is 0 Å². The van der Waals surface area contributed by atoms with Crippen LogP contribution in [0.1, 0.15) is 17.1 Å². The minimum absolute atomic E-state index is 0. The first-order valence-electron chi connectivity index (χ1n) is 7.58. The van der Waals surface area contributed by atoms with Crippen molar-refractivity contribution in [1.82, 2.24) is 0 Å². The molecule has 0 saturated carbocycles. The van der Waals surface area contributed by atoms with Crippen LogP contribution in [0.15, 0.2) is 71.4 Å². The minimum Gasteiger partial charge on any atom is -0.716 e. The summed E-state index contributed by atoms with van der Waals surface area (Å²) >= 11 is 6.70. The molecule has 2 rings (SSSR count). The van der Waals surface area contributed by atoms with Crippen molar-refractivity contribution in [3.63, 3.8) is 0 Å². The van der Waals surface area contributed by atoms with Crippen molar-refractivity contribution in [2.24, 2.45) is 0 Å². The number of halogens is 2. The molecule has 0 fully saturated rings. The van der Waals surface area contributed by atoms with Gasteiger partial charge in [-0.05, 0) is 50.9 Å². The molecule has 148 valence electrons. The topological polar surface area (TPSA) is 110 Å². The Morgan fingerprint density at radius 2 is 1.66 bits per heavy atom. The molecule has 0 unspecified atom stereocenters. The molecular weight excluding hydrogens is 543 g/mol. The van der Waals surface area contributed by atoms with E-state index in [0.717, 1.165) is 15.0 Å². The van der Waals surface area contributed by atoms with Gasteiger partial charge in [0.25, 0.3) is 10.4 Å². The first kappa shape index (κ1) is 25.9. The van der Waals surface area contributed by atoms with Crippen molar-refractivity contribution < 1.29 is 55.5 Å². The van der Waals surface area contributed by atoms with Crippen molar-refractivity contribution in [2.45, 2.75) is 6.92 Å². The Morgan fingerprint density at radius 1 is 1.07 bits per heavy atom. The normalized spacial score (nSPS) is 12.4. The van der Waals surface area contributed by atoms with Crippen LogP contribution in [0.2, 0.25) is 0 Å². The second-order valence-corrected chi connectivity index (χ2v) is 7.80. The van der Waals surface area contributed by atoms with E-state index in [1.54, 1.807) is 48.8 Å². The van der Waals surface area contributed by atoms with Crippen molar-refractivity contribution in [2.75, 3.05) is 0 Å². The van der Waals surface area contributed by atoms with E-state index in [0.29, 0.717) is 5.76 Å². The van der Waals surface area contributed by atoms with Gasteiger partial charge < -0.3 is 17.6 Å². The van der Waals surface area contributed by atoms with Crippen LogP contribution in [0, 0.1) is 6.92 Å². The fourth-order valence-corrected chi connectivity index (χ4v) is 2.83. The Morgan fingerprint density at radius 3 is 2.21 bits per heavy atom. The Bertz CT molecular complexity index is 1130. The van der Waals surface area contributed by atoms with Crippen molar-refractivity contribution in [3.05, 3.63) is 85.2 Å². The SMILES string of the molecule is Cc1c(OS(=O)(=O)[O-])cc(/C=C/C=C/C=C/C=C/c2occ(Br)c2Br)oc1=O.[Na+]. The third-order valence-electron chi connectivity index (χ3n) is 3.13. The molecule has 0 N–H and O–H groups in total. The zero-order valence-electron chi connectivity index (χ0n) is 15.3. The second-order valence-electron chi connectivity index (χ2n) is 5.17. The van der Waals surface area contributed by atoms with Crippen molar-refractivity contribution >= 4 is 54.4 Å². The van der Waals surface area contributed by atoms with Gasteiger partial charge in [0, 0.05) is 6.07 Å². The standard InChI is InChI=1S/C18H14Br2O7S.Na/c1-12-16(27-28(22,23)24)10-13(26-18(12)21)8-6-4-2-3-5-7-9-15-17(20)14(19)11-25-15;/h2-11H,1H3,(H,22,23,24);/q;+1/p-1/b4-2+,5-3+,8-6+,9-7+;. The van der Waals surface area contributed by atoms with Crippen molar-refractivity contribution in [3.8, 4) is 5.75 Å². The molecule has 0 bridgehead atoms. The number of allylic oxidation sites excluding steroid dienone is 6. The van der Waals surface area contributed by atoms with E-state index in [1.807, 2.05) is 0 Å². The molecule has 2 aromatic heterocycles. The summed E-state index contributed by atoms with van der Waals surface area (Å²) in [6, 6.07) is 1.15. The van der Waals surface area contributed by atoms with Crippen LogP contribution in [0.25, 0.3) is 12.2 Å². The largest absolute Gasteiger partial charge is 1.00 e. The summed E-state index contributed by atoms with van der Waals surface area (Å²) in [7, 11) is -4.99. The van der Waals surface area contributed by atoms with Gasteiger partial charge in [0.15, 0.2) is 5.75 Å². The summed E-state index contributed by atoms with van der Waals surface area (Å²) in [6.07, 6.45) is 15.1. The van der Waals surface area contributed by atoms with Gasteiger partial charge in [0.2, 0.25) is 0 Å². The Kier molecular flexibility index (Phi) is 10.6. The maximum atomic E-state index is 11.7. The molecule has 0 aliphatic carbocycles. The van der Waals surface area contributed by atoms with Crippen LogP contribution in [-0.4, -0.2) is 13.0 Å². The fraction of sp³-hybridized carbons (Fsp3) is 0.0556. The molecule has 29 heavy (non-hydrogen) atoms. The molecule has 0 aromatic carbocycles.